The zero-order valence-corrected chi connectivity index (χ0v) is 12.9. The van der Waals surface area contributed by atoms with Crippen LogP contribution in [0.5, 0.6) is 11.5 Å². The van der Waals surface area contributed by atoms with E-state index in [-0.39, 0.29) is 18.0 Å². The Morgan fingerprint density at radius 2 is 1.81 bits per heavy atom. The first kappa shape index (κ1) is 19.4. The van der Waals surface area contributed by atoms with Gasteiger partial charge in [-0.25, -0.2) is 8.78 Å². The van der Waals surface area contributed by atoms with Crippen molar-refractivity contribution in [3.63, 3.8) is 0 Å². The summed E-state index contributed by atoms with van der Waals surface area (Å²) in [4.78, 5) is 11.9. The van der Waals surface area contributed by atoms with Gasteiger partial charge in [-0.05, 0) is 24.6 Å². The average molecular weight is 325 g/mol. The van der Waals surface area contributed by atoms with Crippen LogP contribution in [0.15, 0.2) is 12.1 Å². The number of methoxy groups -OCH3 is 2. The van der Waals surface area contributed by atoms with Crippen LogP contribution in [0.25, 0.3) is 0 Å². The maximum atomic E-state index is 13.0. The van der Waals surface area contributed by atoms with E-state index in [4.69, 9.17) is 15.2 Å². The zero-order valence-electron chi connectivity index (χ0n) is 12.0. The predicted octanol–water partition coefficient (Wildman–Crippen LogP) is 1.76. The highest BCUT2D eigenvalue weighted by Crippen LogP contribution is 2.30. The Hall–Kier alpha value is -1.60. The quantitative estimate of drug-likeness (QED) is 0.836. The summed E-state index contributed by atoms with van der Waals surface area (Å²) in [6, 6.07) is 3.05. The molecule has 0 heterocycles. The fourth-order valence-electron chi connectivity index (χ4n) is 1.60. The molecular weight excluding hydrogens is 306 g/mol. The second-order valence-corrected chi connectivity index (χ2v) is 4.26. The van der Waals surface area contributed by atoms with Crippen molar-refractivity contribution in [2.24, 2.45) is 5.73 Å². The van der Waals surface area contributed by atoms with Gasteiger partial charge in [0.1, 0.15) is 0 Å². The second kappa shape index (κ2) is 7.99. The van der Waals surface area contributed by atoms with Gasteiger partial charge < -0.3 is 20.5 Å². The van der Waals surface area contributed by atoms with Crippen molar-refractivity contribution in [1.29, 1.82) is 0 Å². The Labute approximate surface area is 128 Å². The van der Waals surface area contributed by atoms with Gasteiger partial charge >= 0.3 is 0 Å². The first-order valence-corrected chi connectivity index (χ1v) is 5.93. The lowest BCUT2D eigenvalue weighted by Crippen LogP contribution is -2.41. The molecular formula is C13H19ClF2N2O3. The number of alkyl halides is 2. The number of nitrogens with two attached hydrogens (primary N) is 1. The number of carbonyl (C=O) groups excluding carboxylic acids is 1. The topological polar surface area (TPSA) is 73.6 Å². The SMILES string of the molecule is COc1cc(C)c(C(=O)NCC(F)(F)CN)cc1OC.Cl. The van der Waals surface area contributed by atoms with E-state index in [1.165, 1.54) is 20.3 Å². The minimum Gasteiger partial charge on any atom is -0.493 e. The maximum Gasteiger partial charge on any atom is 0.277 e. The summed E-state index contributed by atoms with van der Waals surface area (Å²) in [6.45, 7) is 0.0479. The molecule has 0 aromatic heterocycles. The number of halogens is 3. The first-order chi connectivity index (χ1) is 9.34. The molecule has 0 bridgehead atoms. The molecule has 0 atom stereocenters. The highest BCUT2D eigenvalue weighted by molar-refractivity contribution is 5.96. The molecule has 1 rings (SSSR count). The van der Waals surface area contributed by atoms with Gasteiger partial charge in [-0.3, -0.25) is 4.79 Å². The van der Waals surface area contributed by atoms with E-state index < -0.39 is 24.9 Å². The number of benzene rings is 1. The van der Waals surface area contributed by atoms with Gasteiger partial charge in [0.15, 0.2) is 11.5 Å². The Morgan fingerprint density at radius 1 is 1.29 bits per heavy atom. The molecule has 5 nitrogen and oxygen atoms in total. The number of rotatable bonds is 6. The summed E-state index contributed by atoms with van der Waals surface area (Å²) in [5.74, 6) is -2.92. The molecule has 1 aromatic rings. The number of hydrogen-bond acceptors (Lipinski definition) is 4. The van der Waals surface area contributed by atoms with Crippen LogP contribution in [0.1, 0.15) is 15.9 Å². The van der Waals surface area contributed by atoms with E-state index >= 15 is 0 Å². The van der Waals surface area contributed by atoms with Crippen molar-refractivity contribution >= 4 is 18.3 Å². The third-order valence-electron chi connectivity index (χ3n) is 2.78. The summed E-state index contributed by atoms with van der Waals surface area (Å²) in [5.41, 5.74) is 5.75. The molecule has 120 valence electrons. The van der Waals surface area contributed by atoms with E-state index in [1.54, 1.807) is 13.0 Å². The fourth-order valence-corrected chi connectivity index (χ4v) is 1.60. The van der Waals surface area contributed by atoms with Crippen LogP contribution in [0.2, 0.25) is 0 Å². The van der Waals surface area contributed by atoms with Gasteiger partial charge in [-0.2, -0.15) is 0 Å². The summed E-state index contributed by atoms with van der Waals surface area (Å²) < 4.78 is 36.2. The molecule has 1 amide bonds. The highest BCUT2D eigenvalue weighted by Gasteiger charge is 2.27. The average Bonchev–Trinajstić information content (AvgIpc) is 2.44. The van der Waals surface area contributed by atoms with E-state index in [2.05, 4.69) is 5.32 Å². The zero-order chi connectivity index (χ0) is 15.3. The summed E-state index contributed by atoms with van der Waals surface area (Å²) >= 11 is 0. The lowest BCUT2D eigenvalue weighted by molar-refractivity contribution is 0.0118. The van der Waals surface area contributed by atoms with E-state index in [0.717, 1.165) is 0 Å². The van der Waals surface area contributed by atoms with E-state index in [0.29, 0.717) is 17.1 Å². The number of carbonyl (C=O) groups is 1. The molecule has 0 aliphatic carbocycles. The van der Waals surface area contributed by atoms with Gasteiger partial charge in [-0.1, -0.05) is 0 Å². The largest absolute Gasteiger partial charge is 0.493 e. The molecule has 8 heteroatoms. The lowest BCUT2D eigenvalue weighted by atomic mass is 10.1. The number of ether oxygens (including phenoxy) is 2. The predicted molar refractivity (Wildman–Crippen MR) is 77.9 cm³/mol. The Morgan fingerprint density at radius 3 is 2.29 bits per heavy atom. The molecule has 0 aliphatic heterocycles. The molecule has 0 aliphatic rings. The van der Waals surface area contributed by atoms with Crippen LogP contribution >= 0.6 is 12.4 Å². The lowest BCUT2D eigenvalue weighted by Gasteiger charge is -2.16. The standard InChI is InChI=1S/C13H18F2N2O3.ClH/c1-8-4-10(19-2)11(20-3)5-9(8)12(18)17-7-13(14,15)6-16;/h4-5H,6-7,16H2,1-3H3,(H,17,18);1H. The first-order valence-electron chi connectivity index (χ1n) is 5.93. The Kier molecular flexibility index (Phi) is 7.38. The number of aryl methyl sites for hydroxylation is 1. The van der Waals surface area contributed by atoms with Crippen LogP contribution < -0.4 is 20.5 Å². The van der Waals surface area contributed by atoms with Crippen LogP contribution in [0.4, 0.5) is 8.78 Å². The maximum absolute atomic E-state index is 13.0. The normalized spacial score (nSPS) is 10.6. The molecule has 21 heavy (non-hydrogen) atoms. The highest BCUT2D eigenvalue weighted by atomic mass is 35.5. The fraction of sp³-hybridized carbons (Fsp3) is 0.462. The van der Waals surface area contributed by atoms with Crippen molar-refractivity contribution in [3.05, 3.63) is 23.3 Å². The van der Waals surface area contributed by atoms with Crippen LogP contribution in [-0.2, 0) is 0 Å². The second-order valence-electron chi connectivity index (χ2n) is 4.26. The minimum atomic E-state index is -3.12. The van der Waals surface area contributed by atoms with Crippen LogP contribution in [0.3, 0.4) is 0 Å². The van der Waals surface area contributed by atoms with Gasteiger partial charge in [0.2, 0.25) is 0 Å². The number of nitrogens with one attached hydrogen (secondary N) is 1. The molecule has 0 unspecified atom stereocenters. The summed E-state index contributed by atoms with van der Waals surface area (Å²) in [5, 5.41) is 2.15. The molecule has 1 aromatic carbocycles. The molecule has 0 fully saturated rings. The Bertz CT molecular complexity index is 499. The smallest absolute Gasteiger partial charge is 0.277 e. The van der Waals surface area contributed by atoms with Gasteiger partial charge in [0.05, 0.1) is 27.3 Å². The van der Waals surface area contributed by atoms with Crippen molar-refractivity contribution in [3.8, 4) is 11.5 Å². The van der Waals surface area contributed by atoms with Crippen LogP contribution in [-0.4, -0.2) is 39.1 Å². The van der Waals surface area contributed by atoms with Crippen molar-refractivity contribution in [2.75, 3.05) is 27.3 Å². The van der Waals surface area contributed by atoms with Gasteiger partial charge in [0.25, 0.3) is 11.8 Å². The van der Waals surface area contributed by atoms with Crippen molar-refractivity contribution in [2.45, 2.75) is 12.8 Å². The molecule has 0 saturated heterocycles. The number of amides is 1. The molecule has 3 N–H and O–H groups in total. The minimum absolute atomic E-state index is 0. The monoisotopic (exact) mass is 324 g/mol. The summed E-state index contributed by atoms with van der Waals surface area (Å²) in [7, 11) is 2.90. The third kappa shape index (κ3) is 5.02. The van der Waals surface area contributed by atoms with Gasteiger partial charge in [0, 0.05) is 5.56 Å². The molecule has 0 saturated carbocycles. The van der Waals surface area contributed by atoms with E-state index in [9.17, 15) is 13.6 Å². The van der Waals surface area contributed by atoms with E-state index in [1.807, 2.05) is 0 Å². The van der Waals surface area contributed by atoms with Crippen molar-refractivity contribution in [1.82, 2.24) is 5.32 Å². The third-order valence-corrected chi connectivity index (χ3v) is 2.78. The van der Waals surface area contributed by atoms with Gasteiger partial charge in [-0.15, -0.1) is 12.4 Å². The number of hydrogen-bond donors (Lipinski definition) is 2. The Balaban J connectivity index is 0.00000400. The van der Waals surface area contributed by atoms with Crippen molar-refractivity contribution < 1.29 is 23.0 Å². The van der Waals surface area contributed by atoms with Crippen LogP contribution in [0, 0.1) is 6.92 Å². The molecule has 0 spiro atoms. The summed E-state index contributed by atoms with van der Waals surface area (Å²) in [6.07, 6.45) is 0. The molecule has 0 radical (unpaired) electrons.